The smallest absolute Gasteiger partial charge is 0.338 e. The summed E-state index contributed by atoms with van der Waals surface area (Å²) in [6.45, 7) is 10.8. The number of ether oxygens (including phenoxy) is 1. The van der Waals surface area contributed by atoms with Crippen molar-refractivity contribution >= 4 is 27.9 Å². The zero-order valence-electron chi connectivity index (χ0n) is 16.6. The number of urea groups is 1. The van der Waals surface area contributed by atoms with Crippen LogP contribution in [0.1, 0.15) is 18.5 Å². The van der Waals surface area contributed by atoms with E-state index in [2.05, 4.69) is 42.9 Å². The second-order valence-corrected chi connectivity index (χ2v) is 7.98. The van der Waals surface area contributed by atoms with E-state index in [9.17, 15) is 9.59 Å². The Labute approximate surface area is 179 Å². The maximum absolute atomic E-state index is 12.8. The fraction of sp³-hybridized carbons (Fsp3) is 0.429. The van der Waals surface area contributed by atoms with Crippen molar-refractivity contribution in [2.75, 3.05) is 45.9 Å². The van der Waals surface area contributed by atoms with Crippen LogP contribution in [0.2, 0.25) is 0 Å². The van der Waals surface area contributed by atoms with Gasteiger partial charge in [0.15, 0.2) is 0 Å². The lowest BCUT2D eigenvalue weighted by Crippen LogP contribution is -2.51. The fourth-order valence-corrected chi connectivity index (χ4v) is 4.08. The molecule has 8 heteroatoms. The Bertz CT molecular complexity index is 803. The van der Waals surface area contributed by atoms with Crippen LogP contribution in [0.15, 0.2) is 52.7 Å². The minimum absolute atomic E-state index is 0.273. The lowest BCUT2D eigenvalue weighted by Gasteiger charge is -2.36. The number of rotatable bonds is 7. The minimum Gasteiger partial charge on any atom is -0.463 e. The van der Waals surface area contributed by atoms with E-state index in [1.807, 2.05) is 30.3 Å². The molecular weight excluding hydrogens is 436 g/mol. The number of carbonyl (C=O) groups is 2. The molecule has 1 aromatic rings. The van der Waals surface area contributed by atoms with Crippen LogP contribution in [-0.2, 0) is 9.53 Å². The zero-order chi connectivity index (χ0) is 20.8. The molecule has 156 valence electrons. The van der Waals surface area contributed by atoms with Gasteiger partial charge < -0.3 is 15.4 Å². The second-order valence-electron chi connectivity index (χ2n) is 7.06. The Balaban J connectivity index is 1.88. The van der Waals surface area contributed by atoms with E-state index in [0.29, 0.717) is 17.8 Å². The van der Waals surface area contributed by atoms with Crippen LogP contribution in [-0.4, -0.2) is 67.7 Å². The maximum Gasteiger partial charge on any atom is 0.338 e. The predicted molar refractivity (Wildman–Crippen MR) is 115 cm³/mol. The molecule has 1 atom stereocenters. The molecule has 1 fully saturated rings. The minimum atomic E-state index is -0.558. The first-order valence-corrected chi connectivity index (χ1v) is 10.6. The van der Waals surface area contributed by atoms with E-state index in [1.54, 1.807) is 6.92 Å². The highest BCUT2D eigenvalue weighted by atomic mass is 79.9. The van der Waals surface area contributed by atoms with Gasteiger partial charge in [-0.2, -0.15) is 0 Å². The summed E-state index contributed by atoms with van der Waals surface area (Å²) in [5.74, 6) is -0.412. The van der Waals surface area contributed by atoms with Gasteiger partial charge >= 0.3 is 12.0 Å². The Hall–Kier alpha value is -2.16. The van der Waals surface area contributed by atoms with Crippen LogP contribution in [0, 0.1) is 0 Å². The van der Waals surface area contributed by atoms with Crippen molar-refractivity contribution in [3.63, 3.8) is 0 Å². The molecule has 0 spiro atoms. The highest BCUT2D eigenvalue weighted by molar-refractivity contribution is 9.10. The lowest BCUT2D eigenvalue weighted by molar-refractivity contribution is -0.139. The van der Waals surface area contributed by atoms with Crippen molar-refractivity contribution in [2.24, 2.45) is 0 Å². The number of nitrogens with zero attached hydrogens (tertiary/aromatic N) is 2. The summed E-state index contributed by atoms with van der Waals surface area (Å²) >= 11 is 3.46. The normalized spacial score (nSPS) is 20.8. The molecular formula is C21H27BrN4O3. The van der Waals surface area contributed by atoms with Crippen LogP contribution < -0.4 is 10.6 Å². The number of piperazine rings is 1. The van der Waals surface area contributed by atoms with E-state index >= 15 is 0 Å². The summed E-state index contributed by atoms with van der Waals surface area (Å²) in [7, 11) is 0. The molecule has 0 aliphatic carbocycles. The van der Waals surface area contributed by atoms with Gasteiger partial charge in [0.25, 0.3) is 0 Å². The standard InChI is InChI=1S/C21H27BrN4O3/c1-3-8-25-9-11-26(12-10-25)14-17-18(20(27)29-4-2)19(24-21(28)23-17)15-6-5-7-16(22)13-15/h3,5-7,13,19H,1,4,8-12,14H2,2H3,(H2,23,24,28)/t19-/m1/s1. The number of halogens is 1. The van der Waals surface area contributed by atoms with Crippen molar-refractivity contribution in [1.82, 2.24) is 20.4 Å². The first-order chi connectivity index (χ1) is 14.0. The zero-order valence-corrected chi connectivity index (χ0v) is 18.2. The highest BCUT2D eigenvalue weighted by Crippen LogP contribution is 2.29. The molecule has 2 amide bonds. The molecule has 7 nitrogen and oxygen atoms in total. The molecule has 1 saturated heterocycles. The monoisotopic (exact) mass is 462 g/mol. The van der Waals surface area contributed by atoms with Gasteiger partial charge in [0.2, 0.25) is 0 Å². The van der Waals surface area contributed by atoms with Crippen LogP contribution >= 0.6 is 15.9 Å². The third-order valence-electron chi connectivity index (χ3n) is 5.06. The second kappa shape index (κ2) is 10.0. The number of amides is 2. The van der Waals surface area contributed by atoms with Crippen molar-refractivity contribution < 1.29 is 14.3 Å². The lowest BCUT2D eigenvalue weighted by atomic mass is 9.95. The average Bonchev–Trinajstić information content (AvgIpc) is 2.69. The molecule has 3 rings (SSSR count). The molecule has 0 unspecified atom stereocenters. The molecule has 29 heavy (non-hydrogen) atoms. The Morgan fingerprint density at radius 3 is 2.69 bits per heavy atom. The Kier molecular flexibility index (Phi) is 7.46. The van der Waals surface area contributed by atoms with Gasteiger partial charge in [-0.05, 0) is 24.6 Å². The average molecular weight is 463 g/mol. The maximum atomic E-state index is 12.8. The third kappa shape index (κ3) is 5.46. The summed E-state index contributed by atoms with van der Waals surface area (Å²) in [5, 5.41) is 5.72. The molecule has 0 saturated carbocycles. The van der Waals surface area contributed by atoms with Gasteiger partial charge in [-0.15, -0.1) is 6.58 Å². The number of carbonyl (C=O) groups excluding carboxylic acids is 2. The van der Waals surface area contributed by atoms with Crippen LogP contribution in [0.4, 0.5) is 4.79 Å². The summed E-state index contributed by atoms with van der Waals surface area (Å²) in [5.41, 5.74) is 1.89. The summed E-state index contributed by atoms with van der Waals surface area (Å²) in [4.78, 5) is 29.8. The molecule has 0 bridgehead atoms. The van der Waals surface area contributed by atoms with Crippen LogP contribution in [0.3, 0.4) is 0 Å². The molecule has 0 aromatic heterocycles. The van der Waals surface area contributed by atoms with E-state index in [4.69, 9.17) is 4.74 Å². The van der Waals surface area contributed by atoms with Gasteiger partial charge in [-0.1, -0.05) is 34.1 Å². The number of hydrogen-bond acceptors (Lipinski definition) is 5. The van der Waals surface area contributed by atoms with Gasteiger partial charge in [0.05, 0.1) is 18.2 Å². The van der Waals surface area contributed by atoms with Crippen molar-refractivity contribution in [2.45, 2.75) is 13.0 Å². The molecule has 2 heterocycles. The predicted octanol–water partition coefficient (Wildman–Crippen LogP) is 2.42. The Morgan fingerprint density at radius 2 is 2.03 bits per heavy atom. The fourth-order valence-electron chi connectivity index (χ4n) is 3.66. The van der Waals surface area contributed by atoms with Crippen molar-refractivity contribution in [3.8, 4) is 0 Å². The van der Waals surface area contributed by atoms with E-state index in [1.165, 1.54) is 0 Å². The molecule has 2 aliphatic rings. The Morgan fingerprint density at radius 1 is 1.31 bits per heavy atom. The largest absolute Gasteiger partial charge is 0.463 e. The van der Waals surface area contributed by atoms with Crippen molar-refractivity contribution in [1.29, 1.82) is 0 Å². The van der Waals surface area contributed by atoms with Gasteiger partial charge in [0, 0.05) is 49.4 Å². The third-order valence-corrected chi connectivity index (χ3v) is 5.56. The summed E-state index contributed by atoms with van der Waals surface area (Å²) < 4.78 is 6.21. The summed E-state index contributed by atoms with van der Waals surface area (Å²) in [6.07, 6.45) is 1.91. The number of nitrogens with one attached hydrogen (secondary N) is 2. The quantitative estimate of drug-likeness (QED) is 0.480. The number of hydrogen-bond donors (Lipinski definition) is 2. The van der Waals surface area contributed by atoms with E-state index in [0.717, 1.165) is 42.8 Å². The topological polar surface area (TPSA) is 73.9 Å². The number of esters is 1. The van der Waals surface area contributed by atoms with Crippen molar-refractivity contribution in [3.05, 3.63) is 58.2 Å². The van der Waals surface area contributed by atoms with Crippen LogP contribution in [0.5, 0.6) is 0 Å². The molecule has 2 aliphatic heterocycles. The molecule has 1 aromatic carbocycles. The first kappa shape index (κ1) is 21.5. The summed E-state index contributed by atoms with van der Waals surface area (Å²) in [6, 6.07) is 6.71. The first-order valence-electron chi connectivity index (χ1n) is 9.80. The van der Waals surface area contributed by atoms with Gasteiger partial charge in [0.1, 0.15) is 0 Å². The molecule has 2 N–H and O–H groups in total. The van der Waals surface area contributed by atoms with Gasteiger partial charge in [-0.3, -0.25) is 9.80 Å². The SMILES string of the molecule is C=CCN1CCN(CC2=C(C(=O)OCC)[C@@H](c3cccc(Br)c3)NC(=O)N2)CC1. The van der Waals surface area contributed by atoms with Gasteiger partial charge in [-0.25, -0.2) is 9.59 Å². The highest BCUT2D eigenvalue weighted by Gasteiger charge is 2.34. The van der Waals surface area contributed by atoms with Crippen LogP contribution in [0.25, 0.3) is 0 Å². The van der Waals surface area contributed by atoms with E-state index < -0.39 is 12.0 Å². The number of benzene rings is 1. The van der Waals surface area contributed by atoms with E-state index in [-0.39, 0.29) is 12.6 Å². The molecule has 0 radical (unpaired) electrons.